The van der Waals surface area contributed by atoms with Crippen LogP contribution < -0.4 is 5.32 Å². The quantitative estimate of drug-likeness (QED) is 0.839. The standard InChI is InChI=1S/C17H19FN2O4S2/c1-12(16-3-2-10-25-16)19-17(21)14-11-13(4-5-15(14)18)26(22,23)20-6-8-24-9-7-20/h2-5,10-12H,6-9H2,1H3,(H,19,21). The summed E-state index contributed by atoms with van der Waals surface area (Å²) in [6.45, 7) is 2.88. The molecule has 3 rings (SSSR count). The van der Waals surface area contributed by atoms with Crippen molar-refractivity contribution >= 4 is 27.3 Å². The number of benzene rings is 1. The van der Waals surface area contributed by atoms with E-state index in [2.05, 4.69) is 5.32 Å². The minimum atomic E-state index is -3.80. The summed E-state index contributed by atoms with van der Waals surface area (Å²) in [6, 6.07) is 6.71. The van der Waals surface area contributed by atoms with Crippen molar-refractivity contribution in [3.63, 3.8) is 0 Å². The fraction of sp³-hybridized carbons (Fsp3) is 0.353. The minimum Gasteiger partial charge on any atom is -0.379 e. The Balaban J connectivity index is 1.84. The minimum absolute atomic E-state index is 0.102. The zero-order valence-corrected chi connectivity index (χ0v) is 15.8. The van der Waals surface area contributed by atoms with Crippen molar-refractivity contribution in [1.82, 2.24) is 9.62 Å². The second kappa shape index (κ2) is 7.83. The molecule has 0 saturated carbocycles. The Morgan fingerprint density at radius 3 is 2.69 bits per heavy atom. The molecule has 1 unspecified atom stereocenters. The summed E-state index contributed by atoms with van der Waals surface area (Å²) in [4.78, 5) is 13.3. The van der Waals surface area contributed by atoms with Gasteiger partial charge in [-0.15, -0.1) is 11.3 Å². The van der Waals surface area contributed by atoms with Crippen molar-refractivity contribution < 1.29 is 22.3 Å². The highest BCUT2D eigenvalue weighted by molar-refractivity contribution is 7.89. The maximum atomic E-state index is 14.2. The summed E-state index contributed by atoms with van der Waals surface area (Å²) in [5, 5.41) is 4.58. The molecule has 9 heteroatoms. The lowest BCUT2D eigenvalue weighted by atomic mass is 10.2. The lowest BCUT2D eigenvalue weighted by Crippen LogP contribution is -2.40. The summed E-state index contributed by atoms with van der Waals surface area (Å²) in [5.41, 5.74) is -0.289. The number of rotatable bonds is 5. The first-order valence-corrected chi connectivity index (χ1v) is 10.4. The van der Waals surface area contributed by atoms with Crippen LogP contribution in [0.5, 0.6) is 0 Å². The third kappa shape index (κ3) is 3.96. The number of amides is 1. The third-order valence-electron chi connectivity index (χ3n) is 4.11. The van der Waals surface area contributed by atoms with E-state index in [-0.39, 0.29) is 29.6 Å². The molecule has 1 amide bonds. The second-order valence-electron chi connectivity index (χ2n) is 5.87. The largest absolute Gasteiger partial charge is 0.379 e. The van der Waals surface area contributed by atoms with Gasteiger partial charge >= 0.3 is 0 Å². The molecule has 2 aromatic rings. The number of hydrogen-bond donors (Lipinski definition) is 1. The molecular formula is C17H19FN2O4S2. The van der Waals surface area contributed by atoms with Crippen LogP contribution in [0.4, 0.5) is 4.39 Å². The number of thiophene rings is 1. The number of ether oxygens (including phenoxy) is 1. The van der Waals surface area contributed by atoms with Crippen molar-refractivity contribution in [2.75, 3.05) is 26.3 Å². The van der Waals surface area contributed by atoms with Crippen LogP contribution in [-0.4, -0.2) is 44.9 Å². The lowest BCUT2D eigenvalue weighted by molar-refractivity contribution is 0.0730. The van der Waals surface area contributed by atoms with Gasteiger partial charge in [-0.2, -0.15) is 4.31 Å². The predicted octanol–water partition coefficient (Wildman–Crippen LogP) is 2.40. The Labute approximate surface area is 155 Å². The Kier molecular flexibility index (Phi) is 5.71. The molecule has 0 spiro atoms. The molecule has 1 saturated heterocycles. The third-order valence-corrected chi connectivity index (χ3v) is 7.06. The molecule has 0 radical (unpaired) electrons. The summed E-state index contributed by atoms with van der Waals surface area (Å²) in [5.74, 6) is -1.41. The normalized spacial score (nSPS) is 17.0. The van der Waals surface area contributed by atoms with Gasteiger partial charge in [0.1, 0.15) is 5.82 Å². The number of nitrogens with one attached hydrogen (secondary N) is 1. The van der Waals surface area contributed by atoms with Crippen molar-refractivity contribution in [1.29, 1.82) is 0 Å². The first-order chi connectivity index (χ1) is 12.4. The Bertz CT molecular complexity index is 878. The molecule has 1 aromatic carbocycles. The monoisotopic (exact) mass is 398 g/mol. The Morgan fingerprint density at radius 1 is 1.31 bits per heavy atom. The van der Waals surface area contributed by atoms with Gasteiger partial charge in [0.15, 0.2) is 0 Å². The van der Waals surface area contributed by atoms with Gasteiger partial charge in [-0.05, 0) is 36.6 Å². The van der Waals surface area contributed by atoms with Gasteiger partial charge in [0.2, 0.25) is 10.0 Å². The SMILES string of the molecule is CC(NC(=O)c1cc(S(=O)(=O)N2CCOCC2)ccc1F)c1cccs1. The molecular weight excluding hydrogens is 379 g/mol. The van der Waals surface area contributed by atoms with E-state index in [0.29, 0.717) is 13.2 Å². The maximum Gasteiger partial charge on any atom is 0.254 e. The Hall–Kier alpha value is -1.81. The van der Waals surface area contributed by atoms with Crippen LogP contribution in [0.25, 0.3) is 0 Å². The Morgan fingerprint density at radius 2 is 2.04 bits per heavy atom. The van der Waals surface area contributed by atoms with Gasteiger partial charge < -0.3 is 10.1 Å². The summed E-state index contributed by atoms with van der Waals surface area (Å²) in [7, 11) is -3.80. The lowest BCUT2D eigenvalue weighted by Gasteiger charge is -2.26. The fourth-order valence-corrected chi connectivity index (χ4v) is 4.83. The summed E-state index contributed by atoms with van der Waals surface area (Å²) in [6.07, 6.45) is 0. The number of hydrogen-bond acceptors (Lipinski definition) is 5. The van der Waals surface area contributed by atoms with Crippen molar-refractivity contribution in [2.45, 2.75) is 17.9 Å². The van der Waals surface area contributed by atoms with Gasteiger partial charge in [0, 0.05) is 18.0 Å². The van der Waals surface area contributed by atoms with Crippen LogP contribution in [0.15, 0.2) is 40.6 Å². The van der Waals surface area contributed by atoms with Gasteiger partial charge in [-0.3, -0.25) is 4.79 Å². The smallest absolute Gasteiger partial charge is 0.254 e. The average molecular weight is 398 g/mol. The number of nitrogens with zero attached hydrogens (tertiary/aromatic N) is 1. The number of sulfonamides is 1. The molecule has 2 heterocycles. The molecule has 1 N–H and O–H groups in total. The van der Waals surface area contributed by atoms with Crippen LogP contribution in [0, 0.1) is 5.82 Å². The van der Waals surface area contributed by atoms with Crippen molar-refractivity contribution in [3.8, 4) is 0 Å². The van der Waals surface area contributed by atoms with Gasteiger partial charge in [-0.25, -0.2) is 12.8 Å². The van der Waals surface area contributed by atoms with Gasteiger partial charge in [0.05, 0.1) is 29.7 Å². The van der Waals surface area contributed by atoms with E-state index in [1.807, 2.05) is 17.5 Å². The molecule has 1 aliphatic heterocycles. The van der Waals surface area contributed by atoms with E-state index < -0.39 is 21.7 Å². The molecule has 1 aliphatic rings. The topological polar surface area (TPSA) is 75.7 Å². The average Bonchev–Trinajstić information content (AvgIpc) is 3.17. The number of carbonyl (C=O) groups is 1. The van der Waals surface area contributed by atoms with Crippen LogP contribution in [0.2, 0.25) is 0 Å². The van der Waals surface area contributed by atoms with Crippen LogP contribution >= 0.6 is 11.3 Å². The number of halogens is 1. The fourth-order valence-electron chi connectivity index (χ4n) is 2.66. The van der Waals surface area contributed by atoms with E-state index >= 15 is 0 Å². The molecule has 1 fully saturated rings. The first-order valence-electron chi connectivity index (χ1n) is 8.11. The zero-order chi connectivity index (χ0) is 18.7. The highest BCUT2D eigenvalue weighted by Crippen LogP contribution is 2.22. The van der Waals surface area contributed by atoms with Crippen molar-refractivity contribution in [2.24, 2.45) is 0 Å². The predicted molar refractivity (Wildman–Crippen MR) is 96.2 cm³/mol. The molecule has 1 atom stereocenters. The van der Waals surface area contributed by atoms with E-state index in [4.69, 9.17) is 4.74 Å². The van der Waals surface area contributed by atoms with Gasteiger partial charge in [0.25, 0.3) is 5.91 Å². The molecule has 1 aromatic heterocycles. The van der Waals surface area contributed by atoms with Crippen LogP contribution in [0.1, 0.15) is 28.2 Å². The van der Waals surface area contributed by atoms with E-state index in [1.54, 1.807) is 6.92 Å². The molecule has 0 aliphatic carbocycles. The van der Waals surface area contributed by atoms with Crippen molar-refractivity contribution in [3.05, 3.63) is 52.0 Å². The molecule has 0 bridgehead atoms. The van der Waals surface area contributed by atoms with Crippen LogP contribution in [0.3, 0.4) is 0 Å². The number of morpholine rings is 1. The van der Waals surface area contributed by atoms with E-state index in [1.165, 1.54) is 21.7 Å². The zero-order valence-electron chi connectivity index (χ0n) is 14.1. The highest BCUT2D eigenvalue weighted by Gasteiger charge is 2.28. The number of carbonyl (C=O) groups excluding carboxylic acids is 1. The first kappa shape index (κ1) is 19.0. The van der Waals surface area contributed by atoms with Gasteiger partial charge in [-0.1, -0.05) is 6.07 Å². The maximum absolute atomic E-state index is 14.2. The van der Waals surface area contributed by atoms with E-state index in [9.17, 15) is 17.6 Å². The molecule has 26 heavy (non-hydrogen) atoms. The summed E-state index contributed by atoms with van der Waals surface area (Å²) < 4.78 is 46.0. The van der Waals surface area contributed by atoms with Crippen LogP contribution in [-0.2, 0) is 14.8 Å². The summed E-state index contributed by atoms with van der Waals surface area (Å²) >= 11 is 1.48. The second-order valence-corrected chi connectivity index (χ2v) is 8.79. The van der Waals surface area contributed by atoms with E-state index in [0.717, 1.165) is 17.0 Å². The highest BCUT2D eigenvalue weighted by atomic mass is 32.2. The molecule has 6 nitrogen and oxygen atoms in total. The molecule has 140 valence electrons.